The van der Waals surface area contributed by atoms with E-state index in [0.717, 1.165) is 12.1 Å². The smallest absolute Gasteiger partial charge is 0.257 e. The molecule has 0 saturated heterocycles. The molecule has 1 atom stereocenters. The highest BCUT2D eigenvalue weighted by Gasteiger charge is 2.21. The van der Waals surface area contributed by atoms with Gasteiger partial charge in [0.1, 0.15) is 17.2 Å². The molecule has 3 N–H and O–H groups in total. The van der Waals surface area contributed by atoms with E-state index in [9.17, 15) is 13.6 Å². The summed E-state index contributed by atoms with van der Waals surface area (Å²) in [6.45, 7) is 3.96. The zero-order valence-electron chi connectivity index (χ0n) is 9.84. The van der Waals surface area contributed by atoms with Crippen molar-refractivity contribution in [3.8, 4) is 0 Å². The molecule has 94 valence electrons. The van der Waals surface area contributed by atoms with Gasteiger partial charge < -0.3 is 11.1 Å². The maximum Gasteiger partial charge on any atom is 0.257 e. The molecule has 0 fully saturated rings. The Bertz CT molecular complexity index is 387. The first-order valence-electron chi connectivity index (χ1n) is 5.42. The Morgan fingerprint density at radius 3 is 2.29 bits per heavy atom. The van der Waals surface area contributed by atoms with Gasteiger partial charge in [0.15, 0.2) is 0 Å². The quantitative estimate of drug-likeness (QED) is 0.844. The predicted molar refractivity (Wildman–Crippen MR) is 61.5 cm³/mol. The topological polar surface area (TPSA) is 55.1 Å². The molecule has 0 saturated carbocycles. The van der Waals surface area contributed by atoms with Crippen LogP contribution < -0.4 is 11.1 Å². The Kier molecular flexibility index (Phi) is 4.57. The van der Waals surface area contributed by atoms with E-state index in [0.29, 0.717) is 0 Å². The Hall–Kier alpha value is -1.49. The first kappa shape index (κ1) is 13.6. The molecule has 0 aliphatic heterocycles. The summed E-state index contributed by atoms with van der Waals surface area (Å²) in [7, 11) is 0. The molecule has 1 unspecified atom stereocenters. The summed E-state index contributed by atoms with van der Waals surface area (Å²) >= 11 is 0. The number of hydrogen-bond donors (Lipinski definition) is 2. The zero-order valence-corrected chi connectivity index (χ0v) is 9.84. The maximum atomic E-state index is 13.3. The van der Waals surface area contributed by atoms with Crippen molar-refractivity contribution in [2.24, 2.45) is 11.7 Å². The van der Waals surface area contributed by atoms with Crippen LogP contribution in [0.25, 0.3) is 0 Å². The van der Waals surface area contributed by atoms with Crippen molar-refractivity contribution in [1.29, 1.82) is 0 Å². The van der Waals surface area contributed by atoms with Gasteiger partial charge in [-0.15, -0.1) is 0 Å². The van der Waals surface area contributed by atoms with E-state index < -0.39 is 23.1 Å². The van der Waals surface area contributed by atoms with Crippen molar-refractivity contribution < 1.29 is 13.6 Å². The molecule has 0 aliphatic carbocycles. The van der Waals surface area contributed by atoms with Crippen molar-refractivity contribution in [2.75, 3.05) is 6.54 Å². The molecule has 0 bridgehead atoms. The minimum absolute atomic E-state index is 0.0961. The number of hydrogen-bond acceptors (Lipinski definition) is 2. The maximum absolute atomic E-state index is 13.3. The summed E-state index contributed by atoms with van der Waals surface area (Å²) < 4.78 is 26.6. The molecule has 17 heavy (non-hydrogen) atoms. The molecular formula is C12H16F2N2O. The predicted octanol–water partition coefficient (Wildman–Crippen LogP) is 1.68. The van der Waals surface area contributed by atoms with Crippen LogP contribution in [0.1, 0.15) is 24.2 Å². The van der Waals surface area contributed by atoms with Crippen LogP contribution >= 0.6 is 0 Å². The molecule has 1 aromatic rings. The normalized spacial score (nSPS) is 12.6. The highest BCUT2D eigenvalue weighted by Crippen LogP contribution is 2.12. The van der Waals surface area contributed by atoms with Crippen molar-refractivity contribution >= 4 is 5.91 Å². The lowest BCUT2D eigenvalue weighted by molar-refractivity contribution is 0.0919. The molecule has 0 heterocycles. The third kappa shape index (κ3) is 3.23. The van der Waals surface area contributed by atoms with Gasteiger partial charge in [-0.25, -0.2) is 8.78 Å². The lowest BCUT2D eigenvalue weighted by Crippen LogP contribution is -2.44. The van der Waals surface area contributed by atoms with Gasteiger partial charge in [-0.05, 0) is 18.1 Å². The molecule has 5 heteroatoms. The highest BCUT2D eigenvalue weighted by atomic mass is 19.1. The molecule has 3 nitrogen and oxygen atoms in total. The second kappa shape index (κ2) is 5.72. The number of carbonyl (C=O) groups is 1. The van der Waals surface area contributed by atoms with Gasteiger partial charge in [0.05, 0.1) is 0 Å². The second-order valence-electron chi connectivity index (χ2n) is 4.16. The Balaban J connectivity index is 2.90. The minimum atomic E-state index is -0.873. The van der Waals surface area contributed by atoms with E-state index in [-0.39, 0.29) is 18.5 Å². The van der Waals surface area contributed by atoms with Gasteiger partial charge >= 0.3 is 0 Å². The lowest BCUT2D eigenvalue weighted by atomic mass is 10.0. The summed E-state index contributed by atoms with van der Waals surface area (Å²) in [5.41, 5.74) is 4.91. The highest BCUT2D eigenvalue weighted by molar-refractivity contribution is 5.94. The largest absolute Gasteiger partial charge is 0.348 e. The number of nitrogens with two attached hydrogens (primary N) is 1. The van der Waals surface area contributed by atoms with Crippen LogP contribution in [0.2, 0.25) is 0 Å². The van der Waals surface area contributed by atoms with E-state index in [1.54, 1.807) is 0 Å². The number of halogens is 2. The van der Waals surface area contributed by atoms with Gasteiger partial charge in [-0.1, -0.05) is 19.9 Å². The van der Waals surface area contributed by atoms with E-state index in [4.69, 9.17) is 5.73 Å². The second-order valence-corrected chi connectivity index (χ2v) is 4.16. The van der Waals surface area contributed by atoms with Crippen LogP contribution in [0.3, 0.4) is 0 Å². The van der Waals surface area contributed by atoms with Crippen LogP contribution in [-0.4, -0.2) is 18.5 Å². The fourth-order valence-corrected chi connectivity index (χ4v) is 1.45. The lowest BCUT2D eigenvalue weighted by Gasteiger charge is -2.20. The number of rotatable bonds is 4. The summed E-state index contributed by atoms with van der Waals surface area (Å²) in [5, 5.41) is 2.52. The third-order valence-electron chi connectivity index (χ3n) is 2.56. The van der Waals surface area contributed by atoms with E-state index in [1.807, 2.05) is 13.8 Å². The van der Waals surface area contributed by atoms with Gasteiger partial charge in [0, 0.05) is 12.6 Å². The number of benzene rings is 1. The molecule has 0 aromatic heterocycles. The third-order valence-corrected chi connectivity index (χ3v) is 2.56. The number of amides is 1. The van der Waals surface area contributed by atoms with Crippen LogP contribution in [0.15, 0.2) is 18.2 Å². The number of nitrogens with one attached hydrogen (secondary N) is 1. The Morgan fingerprint density at radius 2 is 1.88 bits per heavy atom. The molecular weight excluding hydrogens is 226 g/mol. The zero-order chi connectivity index (χ0) is 13.0. The summed E-state index contributed by atoms with van der Waals surface area (Å²) in [6, 6.07) is 3.00. The van der Waals surface area contributed by atoms with Crippen molar-refractivity contribution in [1.82, 2.24) is 5.32 Å². The first-order chi connectivity index (χ1) is 7.97. The molecule has 0 radical (unpaired) electrons. The average molecular weight is 242 g/mol. The van der Waals surface area contributed by atoms with Gasteiger partial charge in [-0.3, -0.25) is 4.79 Å². The standard InChI is InChI=1S/C12H16F2N2O/c1-7(2)10(6-15)16-12(17)11-8(13)4-3-5-9(11)14/h3-5,7,10H,6,15H2,1-2H3,(H,16,17). The molecule has 0 spiro atoms. The van der Waals surface area contributed by atoms with Gasteiger partial charge in [0.2, 0.25) is 0 Å². The van der Waals surface area contributed by atoms with E-state index >= 15 is 0 Å². The molecule has 1 rings (SSSR count). The monoisotopic (exact) mass is 242 g/mol. The summed E-state index contributed by atoms with van der Waals surface area (Å²) in [6.07, 6.45) is 0. The van der Waals surface area contributed by atoms with Crippen LogP contribution in [-0.2, 0) is 0 Å². The number of carbonyl (C=O) groups excluding carboxylic acids is 1. The van der Waals surface area contributed by atoms with Crippen molar-refractivity contribution in [3.63, 3.8) is 0 Å². The van der Waals surface area contributed by atoms with Crippen LogP contribution in [0.4, 0.5) is 8.78 Å². The van der Waals surface area contributed by atoms with Gasteiger partial charge in [-0.2, -0.15) is 0 Å². The molecule has 1 aromatic carbocycles. The Labute approximate surface area is 99.0 Å². The van der Waals surface area contributed by atoms with Crippen molar-refractivity contribution in [2.45, 2.75) is 19.9 Å². The summed E-state index contributed by atoms with van der Waals surface area (Å²) in [4.78, 5) is 11.7. The molecule has 0 aliphatic rings. The van der Waals surface area contributed by atoms with Crippen LogP contribution in [0.5, 0.6) is 0 Å². The average Bonchev–Trinajstić information content (AvgIpc) is 2.25. The fraction of sp³-hybridized carbons (Fsp3) is 0.417. The van der Waals surface area contributed by atoms with Crippen molar-refractivity contribution in [3.05, 3.63) is 35.4 Å². The van der Waals surface area contributed by atoms with E-state index in [1.165, 1.54) is 6.07 Å². The molecule has 1 amide bonds. The van der Waals surface area contributed by atoms with Crippen LogP contribution in [0, 0.1) is 17.6 Å². The van der Waals surface area contributed by atoms with E-state index in [2.05, 4.69) is 5.32 Å². The first-order valence-corrected chi connectivity index (χ1v) is 5.42. The minimum Gasteiger partial charge on any atom is -0.348 e. The SMILES string of the molecule is CC(C)C(CN)NC(=O)c1c(F)cccc1F. The Morgan fingerprint density at radius 1 is 1.35 bits per heavy atom. The van der Waals surface area contributed by atoms with Gasteiger partial charge in [0.25, 0.3) is 5.91 Å². The summed E-state index contributed by atoms with van der Waals surface area (Å²) in [5.74, 6) is -2.42. The fourth-order valence-electron chi connectivity index (χ4n) is 1.45.